The fraction of sp³-hybridized carbons (Fsp3) is 0.714. The fourth-order valence-electron chi connectivity index (χ4n) is 2.63. The summed E-state index contributed by atoms with van der Waals surface area (Å²) in [6.45, 7) is 7.60. The van der Waals surface area contributed by atoms with Gasteiger partial charge in [-0.1, -0.05) is 13.8 Å². The van der Waals surface area contributed by atoms with E-state index >= 15 is 0 Å². The highest BCUT2D eigenvalue weighted by atomic mass is 15.1. The number of nitrogens with one attached hydrogen (secondary N) is 1. The number of aromatic nitrogens is 2. The van der Waals surface area contributed by atoms with Gasteiger partial charge in [-0.3, -0.25) is 0 Å². The zero-order chi connectivity index (χ0) is 13.8. The van der Waals surface area contributed by atoms with Crippen LogP contribution in [0, 0.1) is 5.92 Å². The molecule has 0 saturated carbocycles. The van der Waals surface area contributed by atoms with Crippen molar-refractivity contribution in [3.63, 3.8) is 0 Å². The van der Waals surface area contributed by atoms with Crippen LogP contribution in [0.3, 0.4) is 0 Å². The molecule has 1 aliphatic heterocycles. The number of likely N-dealkylation sites (tertiary alicyclic amines) is 1. The van der Waals surface area contributed by atoms with Gasteiger partial charge >= 0.3 is 0 Å². The molecule has 0 spiro atoms. The third kappa shape index (κ3) is 3.56. The van der Waals surface area contributed by atoms with E-state index in [1.165, 1.54) is 32.3 Å². The first-order valence-electron chi connectivity index (χ1n) is 7.10. The first-order chi connectivity index (χ1) is 9.08. The van der Waals surface area contributed by atoms with Gasteiger partial charge in [-0.05, 0) is 44.8 Å². The molecule has 0 atom stereocenters. The predicted octanol–water partition coefficient (Wildman–Crippen LogP) is 1.94. The topological polar surface area (TPSA) is 67.1 Å². The van der Waals surface area contributed by atoms with Crippen molar-refractivity contribution in [3.05, 3.63) is 11.9 Å². The molecule has 3 N–H and O–H groups in total. The smallest absolute Gasteiger partial charge is 0.134 e. The second-order valence-electron chi connectivity index (χ2n) is 5.80. The van der Waals surface area contributed by atoms with E-state index in [0.717, 1.165) is 23.8 Å². The van der Waals surface area contributed by atoms with Crippen molar-refractivity contribution in [1.29, 1.82) is 0 Å². The normalized spacial score (nSPS) is 17.9. The van der Waals surface area contributed by atoms with E-state index in [1.807, 2.05) is 0 Å². The van der Waals surface area contributed by atoms with E-state index < -0.39 is 0 Å². The van der Waals surface area contributed by atoms with E-state index in [9.17, 15) is 0 Å². The molecule has 0 radical (unpaired) electrons. The summed E-state index contributed by atoms with van der Waals surface area (Å²) in [6, 6.07) is 0. The zero-order valence-corrected chi connectivity index (χ0v) is 12.2. The van der Waals surface area contributed by atoms with Gasteiger partial charge in [-0.2, -0.15) is 0 Å². The summed E-state index contributed by atoms with van der Waals surface area (Å²) in [5.74, 6) is 2.56. The summed E-state index contributed by atoms with van der Waals surface area (Å²) < 4.78 is 0. The van der Waals surface area contributed by atoms with E-state index in [4.69, 9.17) is 5.73 Å². The minimum Gasteiger partial charge on any atom is -0.383 e. The largest absolute Gasteiger partial charge is 0.383 e. The molecule has 1 aromatic heterocycles. The van der Waals surface area contributed by atoms with Crippen LogP contribution in [0.1, 0.15) is 38.2 Å². The minimum absolute atomic E-state index is 0.334. The lowest BCUT2D eigenvalue weighted by atomic mass is 9.97. The van der Waals surface area contributed by atoms with Crippen molar-refractivity contribution in [3.8, 4) is 0 Å². The summed E-state index contributed by atoms with van der Waals surface area (Å²) in [7, 11) is 2.19. The monoisotopic (exact) mass is 263 g/mol. The van der Waals surface area contributed by atoms with Crippen LogP contribution in [0.5, 0.6) is 0 Å². The Kier molecular flexibility index (Phi) is 4.58. The van der Waals surface area contributed by atoms with Crippen molar-refractivity contribution < 1.29 is 0 Å². The van der Waals surface area contributed by atoms with Gasteiger partial charge in [0, 0.05) is 12.1 Å². The maximum absolute atomic E-state index is 5.95. The standard InChI is InChI=1S/C14H25N5/c1-10(2)12-13(15)17-9-18-14(12)16-8-11-4-6-19(3)7-5-11/h9-11H,4-8H2,1-3H3,(H3,15,16,17,18). The number of nitrogens with zero attached hydrogens (tertiary/aromatic N) is 3. The average Bonchev–Trinajstić information content (AvgIpc) is 2.37. The third-order valence-electron chi connectivity index (χ3n) is 3.89. The molecule has 1 saturated heterocycles. The fourth-order valence-corrected chi connectivity index (χ4v) is 2.63. The molecule has 19 heavy (non-hydrogen) atoms. The number of hydrogen-bond donors (Lipinski definition) is 2. The number of nitrogens with two attached hydrogens (primary N) is 1. The van der Waals surface area contributed by atoms with Crippen LogP contribution in [-0.4, -0.2) is 41.5 Å². The SMILES string of the molecule is CC(C)c1c(N)ncnc1NCC1CCN(C)CC1. The van der Waals surface area contributed by atoms with Crippen molar-refractivity contribution in [2.45, 2.75) is 32.6 Å². The molecule has 0 aliphatic carbocycles. The summed E-state index contributed by atoms with van der Waals surface area (Å²) in [4.78, 5) is 10.8. The molecule has 1 aromatic rings. The van der Waals surface area contributed by atoms with Gasteiger partial charge in [0.1, 0.15) is 18.0 Å². The Bertz CT molecular complexity index is 410. The average molecular weight is 263 g/mol. The Morgan fingerprint density at radius 2 is 2.05 bits per heavy atom. The lowest BCUT2D eigenvalue weighted by Crippen LogP contribution is -2.33. The molecule has 0 bridgehead atoms. The van der Waals surface area contributed by atoms with Crippen LogP contribution in [-0.2, 0) is 0 Å². The van der Waals surface area contributed by atoms with E-state index in [0.29, 0.717) is 11.7 Å². The summed E-state index contributed by atoms with van der Waals surface area (Å²) in [6.07, 6.45) is 4.04. The van der Waals surface area contributed by atoms with Crippen LogP contribution in [0.15, 0.2) is 6.33 Å². The molecule has 0 unspecified atom stereocenters. The molecule has 0 aromatic carbocycles. The van der Waals surface area contributed by atoms with Gasteiger partial charge < -0.3 is 16.0 Å². The van der Waals surface area contributed by atoms with Crippen molar-refractivity contribution in [1.82, 2.24) is 14.9 Å². The highest BCUT2D eigenvalue weighted by Gasteiger charge is 2.18. The number of hydrogen-bond acceptors (Lipinski definition) is 5. The van der Waals surface area contributed by atoms with E-state index in [2.05, 4.69) is 41.1 Å². The quantitative estimate of drug-likeness (QED) is 0.869. The highest BCUT2D eigenvalue weighted by molar-refractivity contribution is 5.56. The van der Waals surface area contributed by atoms with Crippen LogP contribution in [0.25, 0.3) is 0 Å². The molecule has 2 rings (SSSR count). The van der Waals surface area contributed by atoms with Crippen molar-refractivity contribution in [2.24, 2.45) is 5.92 Å². The maximum Gasteiger partial charge on any atom is 0.134 e. The van der Waals surface area contributed by atoms with Crippen LogP contribution in [0.2, 0.25) is 0 Å². The van der Waals surface area contributed by atoms with Gasteiger partial charge in [0.2, 0.25) is 0 Å². The predicted molar refractivity (Wildman–Crippen MR) is 79.2 cm³/mol. The summed E-state index contributed by atoms with van der Waals surface area (Å²) in [5, 5.41) is 3.47. The lowest BCUT2D eigenvalue weighted by Gasteiger charge is -2.29. The van der Waals surface area contributed by atoms with Crippen molar-refractivity contribution >= 4 is 11.6 Å². The molecule has 1 aliphatic rings. The Labute approximate surface area is 115 Å². The number of nitrogen functional groups attached to an aromatic ring is 1. The Morgan fingerprint density at radius 3 is 2.68 bits per heavy atom. The molecule has 2 heterocycles. The van der Waals surface area contributed by atoms with Crippen molar-refractivity contribution in [2.75, 3.05) is 37.7 Å². The van der Waals surface area contributed by atoms with Gasteiger partial charge in [-0.25, -0.2) is 9.97 Å². The van der Waals surface area contributed by atoms with Crippen LogP contribution in [0.4, 0.5) is 11.6 Å². The van der Waals surface area contributed by atoms with Gasteiger partial charge in [0.25, 0.3) is 0 Å². The molecule has 5 nitrogen and oxygen atoms in total. The van der Waals surface area contributed by atoms with Gasteiger partial charge in [-0.15, -0.1) is 0 Å². The zero-order valence-electron chi connectivity index (χ0n) is 12.2. The minimum atomic E-state index is 0.334. The van der Waals surface area contributed by atoms with Gasteiger partial charge in [0.15, 0.2) is 0 Å². The molecule has 5 heteroatoms. The second-order valence-corrected chi connectivity index (χ2v) is 5.80. The Balaban J connectivity index is 1.98. The Morgan fingerprint density at radius 1 is 1.37 bits per heavy atom. The second kappa shape index (κ2) is 6.19. The van der Waals surface area contributed by atoms with E-state index in [-0.39, 0.29) is 0 Å². The van der Waals surface area contributed by atoms with E-state index in [1.54, 1.807) is 0 Å². The highest BCUT2D eigenvalue weighted by Crippen LogP contribution is 2.27. The maximum atomic E-state index is 5.95. The lowest BCUT2D eigenvalue weighted by molar-refractivity contribution is 0.226. The van der Waals surface area contributed by atoms with Crippen LogP contribution >= 0.6 is 0 Å². The first-order valence-corrected chi connectivity index (χ1v) is 7.10. The Hall–Kier alpha value is -1.36. The molecule has 106 valence electrons. The first kappa shape index (κ1) is 14.1. The molecular formula is C14H25N5. The van der Waals surface area contributed by atoms with Gasteiger partial charge in [0.05, 0.1) is 0 Å². The number of piperidine rings is 1. The van der Waals surface area contributed by atoms with Crippen LogP contribution < -0.4 is 11.1 Å². The molecule has 1 fully saturated rings. The molecule has 0 amide bonds. The number of anilines is 2. The molecular weight excluding hydrogens is 238 g/mol. The number of rotatable bonds is 4. The summed E-state index contributed by atoms with van der Waals surface area (Å²) in [5.41, 5.74) is 6.99. The third-order valence-corrected chi connectivity index (χ3v) is 3.89. The summed E-state index contributed by atoms with van der Waals surface area (Å²) >= 11 is 0.